The summed E-state index contributed by atoms with van der Waals surface area (Å²) < 4.78 is 2.20. The molecule has 92 valence electrons. The average Bonchev–Trinajstić information content (AvgIpc) is 2.86. The summed E-state index contributed by atoms with van der Waals surface area (Å²) in [7, 11) is 0. The van der Waals surface area contributed by atoms with Crippen LogP contribution in [0.2, 0.25) is 0 Å². The monoisotopic (exact) mass is 234 g/mol. The van der Waals surface area contributed by atoms with Gasteiger partial charge in [-0.2, -0.15) is 0 Å². The van der Waals surface area contributed by atoms with E-state index in [1.807, 2.05) is 17.3 Å². The number of likely N-dealkylation sites (tertiary alicyclic amines) is 1. The van der Waals surface area contributed by atoms with Crippen molar-refractivity contribution in [1.29, 1.82) is 0 Å². The summed E-state index contributed by atoms with van der Waals surface area (Å²) in [5.41, 5.74) is 0. The lowest BCUT2D eigenvalue weighted by molar-refractivity contribution is -0.128. The Morgan fingerprint density at radius 2 is 2.47 bits per heavy atom. The third-order valence-electron chi connectivity index (χ3n) is 3.62. The molecule has 3 heterocycles. The molecule has 5 heteroatoms. The molecule has 1 amide bonds. The van der Waals surface area contributed by atoms with Crippen molar-refractivity contribution < 1.29 is 4.79 Å². The van der Waals surface area contributed by atoms with E-state index in [1.54, 1.807) is 0 Å². The molecule has 0 saturated carbocycles. The molecule has 0 radical (unpaired) electrons. The molecule has 1 atom stereocenters. The molecule has 1 N–H and O–H groups in total. The molecule has 1 aromatic heterocycles. The molecule has 0 aliphatic carbocycles. The standard InChI is InChI=1S/C12H18N4O/c17-12-2-1-4-16(12)9-10-6-13-7-11-14-3-5-15(11)8-10/h3,5,10,13H,1-2,4,6-9H2/t10-/m1/s1. The van der Waals surface area contributed by atoms with Gasteiger partial charge in [-0.1, -0.05) is 0 Å². The Labute approximate surface area is 101 Å². The third-order valence-corrected chi connectivity index (χ3v) is 3.62. The van der Waals surface area contributed by atoms with Crippen LogP contribution in [0.25, 0.3) is 0 Å². The molecule has 1 aromatic rings. The van der Waals surface area contributed by atoms with Crippen LogP contribution in [0.15, 0.2) is 12.4 Å². The van der Waals surface area contributed by atoms with Crippen molar-refractivity contribution in [2.24, 2.45) is 5.92 Å². The molecule has 5 nitrogen and oxygen atoms in total. The van der Waals surface area contributed by atoms with Crippen LogP contribution in [0.5, 0.6) is 0 Å². The fraction of sp³-hybridized carbons (Fsp3) is 0.667. The van der Waals surface area contributed by atoms with Gasteiger partial charge in [0.1, 0.15) is 5.82 Å². The van der Waals surface area contributed by atoms with Crippen LogP contribution < -0.4 is 5.32 Å². The lowest BCUT2D eigenvalue weighted by Gasteiger charge is -2.22. The first-order valence-electron chi connectivity index (χ1n) is 6.31. The second kappa shape index (κ2) is 4.49. The number of fused-ring (bicyclic) bond motifs is 1. The van der Waals surface area contributed by atoms with Crippen LogP contribution in [-0.4, -0.2) is 40.0 Å². The third kappa shape index (κ3) is 2.20. The van der Waals surface area contributed by atoms with Gasteiger partial charge >= 0.3 is 0 Å². The molecule has 2 aliphatic heterocycles. The number of amides is 1. The zero-order valence-electron chi connectivity index (χ0n) is 9.93. The van der Waals surface area contributed by atoms with Crippen LogP contribution in [0, 0.1) is 5.92 Å². The summed E-state index contributed by atoms with van der Waals surface area (Å²) >= 11 is 0. The van der Waals surface area contributed by atoms with Crippen molar-refractivity contribution >= 4 is 5.91 Å². The van der Waals surface area contributed by atoms with Crippen LogP contribution in [-0.2, 0) is 17.9 Å². The molecule has 2 aliphatic rings. The van der Waals surface area contributed by atoms with E-state index in [9.17, 15) is 4.79 Å². The zero-order chi connectivity index (χ0) is 11.7. The summed E-state index contributed by atoms with van der Waals surface area (Å²) in [6.45, 7) is 4.58. The van der Waals surface area contributed by atoms with Crippen molar-refractivity contribution in [1.82, 2.24) is 19.8 Å². The lowest BCUT2D eigenvalue weighted by atomic mass is 10.1. The maximum Gasteiger partial charge on any atom is 0.222 e. The van der Waals surface area contributed by atoms with Crippen molar-refractivity contribution in [3.8, 4) is 0 Å². The Morgan fingerprint density at radius 3 is 3.29 bits per heavy atom. The van der Waals surface area contributed by atoms with Crippen LogP contribution in [0.3, 0.4) is 0 Å². The summed E-state index contributed by atoms with van der Waals surface area (Å²) in [5, 5.41) is 3.41. The number of nitrogens with one attached hydrogen (secondary N) is 1. The maximum atomic E-state index is 11.6. The zero-order valence-corrected chi connectivity index (χ0v) is 9.93. The van der Waals surface area contributed by atoms with Crippen LogP contribution >= 0.6 is 0 Å². The van der Waals surface area contributed by atoms with Crippen molar-refractivity contribution in [3.05, 3.63) is 18.2 Å². The van der Waals surface area contributed by atoms with Gasteiger partial charge in [-0.15, -0.1) is 0 Å². The number of carbonyl (C=O) groups is 1. The van der Waals surface area contributed by atoms with Gasteiger partial charge in [0.25, 0.3) is 0 Å². The highest BCUT2D eigenvalue weighted by Crippen LogP contribution is 2.15. The first kappa shape index (κ1) is 10.8. The number of hydrogen-bond acceptors (Lipinski definition) is 3. The highest BCUT2D eigenvalue weighted by atomic mass is 16.2. The second-order valence-corrected chi connectivity index (χ2v) is 4.94. The maximum absolute atomic E-state index is 11.6. The van der Waals surface area contributed by atoms with Crippen LogP contribution in [0.1, 0.15) is 18.7 Å². The van der Waals surface area contributed by atoms with Gasteiger partial charge < -0.3 is 14.8 Å². The minimum absolute atomic E-state index is 0.320. The first-order chi connectivity index (χ1) is 8.33. The van der Waals surface area contributed by atoms with Crippen molar-refractivity contribution in [3.63, 3.8) is 0 Å². The minimum Gasteiger partial charge on any atom is -0.342 e. The van der Waals surface area contributed by atoms with E-state index >= 15 is 0 Å². The Morgan fingerprint density at radius 1 is 1.53 bits per heavy atom. The quantitative estimate of drug-likeness (QED) is 0.796. The van der Waals surface area contributed by atoms with Crippen molar-refractivity contribution in [2.75, 3.05) is 19.6 Å². The predicted molar refractivity (Wildman–Crippen MR) is 63.2 cm³/mol. The Bertz CT molecular complexity index is 414. The molecule has 3 rings (SSSR count). The number of rotatable bonds is 2. The van der Waals surface area contributed by atoms with Gasteiger partial charge in [-0.3, -0.25) is 4.79 Å². The van der Waals surface area contributed by atoms with Gasteiger partial charge in [0.05, 0.1) is 6.54 Å². The van der Waals surface area contributed by atoms with Gasteiger partial charge in [-0.25, -0.2) is 4.98 Å². The highest BCUT2D eigenvalue weighted by Gasteiger charge is 2.25. The van der Waals surface area contributed by atoms with E-state index < -0.39 is 0 Å². The predicted octanol–water partition coefficient (Wildman–Crippen LogP) is 0.225. The Balaban J connectivity index is 1.66. The SMILES string of the molecule is O=C1CCCN1C[C@@H]1CNCc2nccn2C1. The number of hydrogen-bond donors (Lipinski definition) is 1. The first-order valence-corrected chi connectivity index (χ1v) is 6.31. The summed E-state index contributed by atoms with van der Waals surface area (Å²) in [6, 6.07) is 0. The van der Waals surface area contributed by atoms with E-state index in [1.165, 1.54) is 0 Å². The molecule has 1 fully saturated rings. The van der Waals surface area contributed by atoms with Crippen LogP contribution in [0.4, 0.5) is 0 Å². The summed E-state index contributed by atoms with van der Waals surface area (Å²) in [5.74, 6) is 1.91. The van der Waals surface area contributed by atoms with E-state index in [2.05, 4.69) is 14.9 Å². The summed E-state index contributed by atoms with van der Waals surface area (Å²) in [6.07, 6.45) is 5.63. The topological polar surface area (TPSA) is 50.2 Å². The van der Waals surface area contributed by atoms with Gasteiger partial charge in [0.2, 0.25) is 5.91 Å². The number of nitrogens with zero attached hydrogens (tertiary/aromatic N) is 3. The molecule has 17 heavy (non-hydrogen) atoms. The molecule has 0 bridgehead atoms. The minimum atomic E-state index is 0.320. The number of carbonyl (C=O) groups excluding carboxylic acids is 1. The highest BCUT2D eigenvalue weighted by molar-refractivity contribution is 5.78. The smallest absolute Gasteiger partial charge is 0.222 e. The van der Waals surface area contributed by atoms with Gasteiger partial charge in [0.15, 0.2) is 0 Å². The van der Waals surface area contributed by atoms with E-state index in [0.29, 0.717) is 11.8 Å². The summed E-state index contributed by atoms with van der Waals surface area (Å²) in [4.78, 5) is 17.9. The lowest BCUT2D eigenvalue weighted by Crippen LogP contribution is -2.35. The number of imidazole rings is 1. The van der Waals surface area contributed by atoms with E-state index in [4.69, 9.17) is 0 Å². The molecule has 0 aromatic carbocycles. The Hall–Kier alpha value is -1.36. The fourth-order valence-electron chi connectivity index (χ4n) is 2.74. The molecule has 1 saturated heterocycles. The number of aromatic nitrogens is 2. The second-order valence-electron chi connectivity index (χ2n) is 4.94. The van der Waals surface area contributed by atoms with Crippen molar-refractivity contribution in [2.45, 2.75) is 25.9 Å². The average molecular weight is 234 g/mol. The molecule has 0 unspecified atom stereocenters. The molecular weight excluding hydrogens is 216 g/mol. The normalized spacial score (nSPS) is 24.8. The molecule has 0 spiro atoms. The van der Waals surface area contributed by atoms with E-state index in [0.717, 1.165) is 51.4 Å². The fourth-order valence-corrected chi connectivity index (χ4v) is 2.74. The molecular formula is C12H18N4O. The van der Waals surface area contributed by atoms with E-state index in [-0.39, 0.29) is 0 Å². The Kier molecular flexibility index (Phi) is 2.84. The van der Waals surface area contributed by atoms with Gasteiger partial charge in [-0.05, 0) is 6.42 Å². The largest absolute Gasteiger partial charge is 0.342 e. The van der Waals surface area contributed by atoms with Gasteiger partial charge in [0, 0.05) is 50.9 Å².